The molecule has 0 aromatic carbocycles. The number of hydrogen-bond donors (Lipinski definition) is 1. The molecule has 0 radical (unpaired) electrons. The monoisotopic (exact) mass is 184 g/mol. The molecule has 0 heterocycles. The smallest absolute Gasteiger partial charge is 0.236 e. The lowest BCUT2D eigenvalue weighted by Gasteiger charge is -2.14. The minimum atomic E-state index is 0.166. The Morgan fingerprint density at radius 1 is 1.46 bits per heavy atom. The summed E-state index contributed by atoms with van der Waals surface area (Å²) in [7, 11) is 3.59. The average molecular weight is 184 g/mol. The van der Waals surface area contributed by atoms with Crippen LogP contribution in [-0.4, -0.2) is 37.5 Å². The molecule has 0 aliphatic heterocycles. The van der Waals surface area contributed by atoms with E-state index in [0.29, 0.717) is 12.6 Å². The summed E-state index contributed by atoms with van der Waals surface area (Å²) in [5, 5.41) is 3.30. The van der Waals surface area contributed by atoms with Crippen LogP contribution in [0.25, 0.3) is 0 Å². The molecule has 1 rings (SSSR count). The lowest BCUT2D eigenvalue weighted by atomic mass is 10.1. The van der Waals surface area contributed by atoms with Gasteiger partial charge in [0.25, 0.3) is 0 Å². The molecule has 1 aliphatic rings. The highest BCUT2D eigenvalue weighted by Gasteiger charge is 2.21. The summed E-state index contributed by atoms with van der Waals surface area (Å²) >= 11 is 0. The lowest BCUT2D eigenvalue weighted by molar-refractivity contribution is -0.127. The molecule has 1 amide bonds. The van der Waals surface area contributed by atoms with Crippen molar-refractivity contribution in [1.82, 2.24) is 10.2 Å². The van der Waals surface area contributed by atoms with Crippen molar-refractivity contribution in [2.75, 3.05) is 20.6 Å². The first-order valence-electron chi connectivity index (χ1n) is 5.03. The van der Waals surface area contributed by atoms with Crippen molar-refractivity contribution in [1.29, 1.82) is 0 Å². The number of carbonyl (C=O) groups excluding carboxylic acids is 1. The average Bonchev–Trinajstić information content (AvgIpc) is 2.47. The topological polar surface area (TPSA) is 32.3 Å². The summed E-state index contributed by atoms with van der Waals surface area (Å²) in [4.78, 5) is 12.9. The Morgan fingerprint density at radius 2 is 2.15 bits per heavy atom. The van der Waals surface area contributed by atoms with Gasteiger partial charge in [0.1, 0.15) is 0 Å². The Morgan fingerprint density at radius 3 is 2.62 bits per heavy atom. The Bertz CT molecular complexity index is 180. The maximum absolute atomic E-state index is 11.2. The zero-order chi connectivity index (χ0) is 9.84. The maximum atomic E-state index is 11.2. The van der Waals surface area contributed by atoms with E-state index in [1.165, 1.54) is 19.3 Å². The molecule has 0 saturated heterocycles. The van der Waals surface area contributed by atoms with Gasteiger partial charge < -0.3 is 10.2 Å². The van der Waals surface area contributed by atoms with Crippen LogP contribution in [0.3, 0.4) is 0 Å². The van der Waals surface area contributed by atoms with Gasteiger partial charge in [0, 0.05) is 20.1 Å². The molecular formula is C10H20N2O. The lowest BCUT2D eigenvalue weighted by Crippen LogP contribution is -2.37. The van der Waals surface area contributed by atoms with Gasteiger partial charge in [0.2, 0.25) is 5.91 Å². The summed E-state index contributed by atoms with van der Waals surface area (Å²) in [6.07, 6.45) is 3.75. The summed E-state index contributed by atoms with van der Waals surface area (Å²) in [5.41, 5.74) is 0. The molecule has 0 spiro atoms. The fourth-order valence-corrected chi connectivity index (χ4v) is 1.78. The molecule has 1 N–H and O–H groups in total. The van der Waals surface area contributed by atoms with Crippen molar-refractivity contribution in [3.8, 4) is 0 Å². The molecule has 0 aromatic heterocycles. The fraction of sp³-hybridized carbons (Fsp3) is 0.900. The normalized spacial score (nSPS) is 27.6. The van der Waals surface area contributed by atoms with Crippen LogP contribution in [0.4, 0.5) is 0 Å². The van der Waals surface area contributed by atoms with Gasteiger partial charge in [0.05, 0.1) is 6.54 Å². The molecule has 76 valence electrons. The van der Waals surface area contributed by atoms with E-state index in [1.54, 1.807) is 19.0 Å². The molecule has 1 saturated carbocycles. The molecule has 0 unspecified atom stereocenters. The second-order valence-corrected chi connectivity index (χ2v) is 4.28. The third kappa shape index (κ3) is 3.35. The van der Waals surface area contributed by atoms with Crippen molar-refractivity contribution < 1.29 is 4.79 Å². The van der Waals surface area contributed by atoms with E-state index in [-0.39, 0.29) is 5.91 Å². The Balaban J connectivity index is 2.16. The molecular weight excluding hydrogens is 164 g/mol. The second-order valence-electron chi connectivity index (χ2n) is 4.28. The minimum absolute atomic E-state index is 0.166. The van der Waals surface area contributed by atoms with E-state index in [1.807, 2.05) is 0 Å². The van der Waals surface area contributed by atoms with Crippen molar-refractivity contribution in [3.63, 3.8) is 0 Å². The molecule has 0 bridgehead atoms. The van der Waals surface area contributed by atoms with Crippen LogP contribution >= 0.6 is 0 Å². The standard InChI is InChI=1S/C10H20N2O/c1-8-4-5-9(6-8)11-7-10(13)12(2)3/h8-9,11H,4-7H2,1-3H3/t8-,9-/m0/s1. The molecule has 13 heavy (non-hydrogen) atoms. The first-order chi connectivity index (χ1) is 6.09. The number of rotatable bonds is 3. The van der Waals surface area contributed by atoms with Crippen molar-refractivity contribution in [3.05, 3.63) is 0 Å². The predicted molar refractivity (Wildman–Crippen MR) is 53.5 cm³/mol. The van der Waals surface area contributed by atoms with E-state index in [9.17, 15) is 4.79 Å². The molecule has 0 aromatic rings. The first kappa shape index (κ1) is 10.5. The number of nitrogens with one attached hydrogen (secondary N) is 1. The van der Waals surface area contributed by atoms with E-state index < -0.39 is 0 Å². The van der Waals surface area contributed by atoms with Gasteiger partial charge in [-0.3, -0.25) is 4.79 Å². The molecule has 1 aliphatic carbocycles. The summed E-state index contributed by atoms with van der Waals surface area (Å²) in [6.45, 7) is 2.76. The SMILES string of the molecule is C[C@H]1CC[C@H](NCC(=O)N(C)C)C1. The Labute approximate surface area is 80.5 Å². The number of amides is 1. The summed E-state index contributed by atoms with van der Waals surface area (Å²) < 4.78 is 0. The van der Waals surface area contributed by atoms with Gasteiger partial charge in [-0.25, -0.2) is 0 Å². The maximum Gasteiger partial charge on any atom is 0.236 e. The van der Waals surface area contributed by atoms with Crippen LogP contribution in [0.1, 0.15) is 26.2 Å². The van der Waals surface area contributed by atoms with Gasteiger partial charge in [-0.2, -0.15) is 0 Å². The first-order valence-corrected chi connectivity index (χ1v) is 5.03. The highest BCUT2D eigenvalue weighted by atomic mass is 16.2. The number of likely N-dealkylation sites (N-methyl/N-ethyl adjacent to an activating group) is 1. The van der Waals surface area contributed by atoms with Crippen LogP contribution in [0.5, 0.6) is 0 Å². The minimum Gasteiger partial charge on any atom is -0.348 e. The van der Waals surface area contributed by atoms with Crippen molar-refractivity contribution in [2.45, 2.75) is 32.2 Å². The third-order valence-corrected chi connectivity index (χ3v) is 2.74. The zero-order valence-electron chi connectivity index (χ0n) is 8.84. The molecule has 1 fully saturated rings. The van der Waals surface area contributed by atoms with Crippen LogP contribution in [0, 0.1) is 5.92 Å². The quantitative estimate of drug-likeness (QED) is 0.705. The van der Waals surface area contributed by atoms with Crippen LogP contribution < -0.4 is 5.32 Å². The van der Waals surface area contributed by atoms with Gasteiger partial charge >= 0.3 is 0 Å². The number of hydrogen-bond acceptors (Lipinski definition) is 2. The van der Waals surface area contributed by atoms with E-state index >= 15 is 0 Å². The van der Waals surface area contributed by atoms with Crippen LogP contribution in [0.15, 0.2) is 0 Å². The van der Waals surface area contributed by atoms with E-state index in [2.05, 4.69) is 12.2 Å². The molecule has 3 nitrogen and oxygen atoms in total. The number of carbonyl (C=O) groups is 1. The van der Waals surface area contributed by atoms with E-state index in [4.69, 9.17) is 0 Å². The second kappa shape index (κ2) is 4.61. The Kier molecular flexibility index (Phi) is 3.72. The summed E-state index contributed by atoms with van der Waals surface area (Å²) in [6, 6.07) is 0.568. The largest absolute Gasteiger partial charge is 0.348 e. The van der Waals surface area contributed by atoms with Crippen molar-refractivity contribution in [2.24, 2.45) is 5.92 Å². The van der Waals surface area contributed by atoms with Gasteiger partial charge in [-0.15, -0.1) is 0 Å². The molecule has 2 atom stereocenters. The Hall–Kier alpha value is -0.570. The van der Waals surface area contributed by atoms with Gasteiger partial charge in [0.15, 0.2) is 0 Å². The highest BCUT2D eigenvalue weighted by molar-refractivity contribution is 5.77. The van der Waals surface area contributed by atoms with Gasteiger partial charge in [-0.1, -0.05) is 6.92 Å². The van der Waals surface area contributed by atoms with E-state index in [0.717, 1.165) is 5.92 Å². The highest BCUT2D eigenvalue weighted by Crippen LogP contribution is 2.24. The van der Waals surface area contributed by atoms with Gasteiger partial charge in [-0.05, 0) is 25.2 Å². The van der Waals surface area contributed by atoms with Crippen LogP contribution in [-0.2, 0) is 4.79 Å². The fourth-order valence-electron chi connectivity index (χ4n) is 1.78. The van der Waals surface area contributed by atoms with Crippen LogP contribution in [0.2, 0.25) is 0 Å². The summed E-state index contributed by atoms with van der Waals surface area (Å²) in [5.74, 6) is 0.992. The molecule has 3 heteroatoms. The zero-order valence-corrected chi connectivity index (χ0v) is 8.84. The number of nitrogens with zero attached hydrogens (tertiary/aromatic N) is 1. The predicted octanol–water partition coefficient (Wildman–Crippen LogP) is 0.853. The van der Waals surface area contributed by atoms with Crippen molar-refractivity contribution >= 4 is 5.91 Å². The third-order valence-electron chi connectivity index (χ3n) is 2.74.